The topological polar surface area (TPSA) is 48.7 Å². The summed E-state index contributed by atoms with van der Waals surface area (Å²) in [4.78, 5) is 5.44. The van der Waals surface area contributed by atoms with Crippen LogP contribution in [-0.4, -0.2) is 4.98 Å². The highest BCUT2D eigenvalue weighted by molar-refractivity contribution is 7.11. The van der Waals surface area contributed by atoms with Crippen molar-refractivity contribution in [3.05, 3.63) is 44.9 Å². The minimum atomic E-state index is 0.597. The molecule has 0 fully saturated rings. The number of hydrogen-bond donors (Lipinski definition) is 1. The van der Waals surface area contributed by atoms with E-state index in [1.165, 1.54) is 0 Å². The molecule has 0 bridgehead atoms. The van der Waals surface area contributed by atoms with Gasteiger partial charge in [0.2, 0.25) is 0 Å². The summed E-state index contributed by atoms with van der Waals surface area (Å²) in [6, 6.07) is 7.34. The van der Waals surface area contributed by atoms with Gasteiger partial charge in [0.05, 0.1) is 22.8 Å². The summed E-state index contributed by atoms with van der Waals surface area (Å²) in [5.74, 6) is 0. The molecule has 2 aromatic rings. The third-order valence-electron chi connectivity index (χ3n) is 2.46. The van der Waals surface area contributed by atoms with E-state index in [2.05, 4.69) is 23.3 Å². The summed E-state index contributed by atoms with van der Waals surface area (Å²) in [7, 11) is 0. The maximum Gasteiger partial charge on any atom is 0.101 e. The van der Waals surface area contributed by atoms with Crippen LogP contribution in [0.3, 0.4) is 0 Å². The van der Waals surface area contributed by atoms with E-state index < -0.39 is 0 Å². The Morgan fingerprint density at radius 3 is 3.00 bits per heavy atom. The van der Waals surface area contributed by atoms with Crippen molar-refractivity contribution >= 4 is 28.6 Å². The van der Waals surface area contributed by atoms with Crippen LogP contribution in [-0.2, 0) is 13.0 Å². The highest BCUT2D eigenvalue weighted by Gasteiger charge is 2.04. The standard InChI is InChI=1S/C13H12ClN3S/c1-2-13-17-8-11(18-13)7-16-12-5-10(14)4-3-9(12)6-15/h3-5,8,16H,2,7H2,1H3. The molecule has 1 heterocycles. The molecule has 1 N–H and O–H groups in total. The fourth-order valence-corrected chi connectivity index (χ4v) is 2.51. The molecule has 0 amide bonds. The Bertz CT molecular complexity index is 586. The molecule has 0 saturated carbocycles. The molecule has 1 aromatic heterocycles. The van der Waals surface area contributed by atoms with Gasteiger partial charge in [0.25, 0.3) is 0 Å². The average molecular weight is 278 g/mol. The monoisotopic (exact) mass is 277 g/mol. The van der Waals surface area contributed by atoms with Gasteiger partial charge in [0.15, 0.2) is 0 Å². The predicted molar refractivity (Wildman–Crippen MR) is 75.0 cm³/mol. The van der Waals surface area contributed by atoms with Crippen molar-refractivity contribution in [2.75, 3.05) is 5.32 Å². The number of halogens is 1. The van der Waals surface area contributed by atoms with E-state index in [9.17, 15) is 0 Å². The van der Waals surface area contributed by atoms with E-state index in [4.69, 9.17) is 16.9 Å². The number of nitrogens with zero attached hydrogens (tertiary/aromatic N) is 2. The van der Waals surface area contributed by atoms with E-state index in [0.717, 1.165) is 22.0 Å². The van der Waals surface area contributed by atoms with Crippen LogP contribution in [0.25, 0.3) is 0 Å². The number of rotatable bonds is 4. The van der Waals surface area contributed by atoms with E-state index in [-0.39, 0.29) is 0 Å². The molecule has 0 spiro atoms. The molecule has 0 atom stereocenters. The van der Waals surface area contributed by atoms with Crippen molar-refractivity contribution in [1.29, 1.82) is 5.26 Å². The van der Waals surface area contributed by atoms with Gasteiger partial charge in [-0.1, -0.05) is 18.5 Å². The molecule has 3 nitrogen and oxygen atoms in total. The summed E-state index contributed by atoms with van der Waals surface area (Å²) in [6.45, 7) is 2.74. The number of thiazole rings is 1. The smallest absolute Gasteiger partial charge is 0.101 e. The second kappa shape index (κ2) is 5.85. The lowest BCUT2D eigenvalue weighted by molar-refractivity contribution is 1.09. The first-order valence-corrected chi connectivity index (χ1v) is 6.79. The normalized spacial score (nSPS) is 10.1. The first-order valence-electron chi connectivity index (χ1n) is 5.60. The Morgan fingerprint density at radius 1 is 1.50 bits per heavy atom. The number of benzene rings is 1. The van der Waals surface area contributed by atoms with Crippen molar-refractivity contribution < 1.29 is 0 Å². The Morgan fingerprint density at radius 2 is 2.33 bits per heavy atom. The summed E-state index contributed by atoms with van der Waals surface area (Å²) >= 11 is 7.60. The van der Waals surface area contributed by atoms with Gasteiger partial charge in [-0.25, -0.2) is 4.98 Å². The molecular weight excluding hydrogens is 266 g/mol. The molecule has 0 aliphatic heterocycles. The predicted octanol–water partition coefficient (Wildman–Crippen LogP) is 3.84. The zero-order valence-corrected chi connectivity index (χ0v) is 11.5. The summed E-state index contributed by atoms with van der Waals surface area (Å²) in [5, 5.41) is 14.0. The fourth-order valence-electron chi connectivity index (χ4n) is 1.54. The van der Waals surface area contributed by atoms with Crippen molar-refractivity contribution in [1.82, 2.24) is 4.98 Å². The van der Waals surface area contributed by atoms with Crippen LogP contribution in [0.2, 0.25) is 5.02 Å². The van der Waals surface area contributed by atoms with E-state index in [1.807, 2.05) is 6.20 Å². The van der Waals surface area contributed by atoms with Crippen LogP contribution in [0.1, 0.15) is 22.4 Å². The van der Waals surface area contributed by atoms with Gasteiger partial charge in [-0.05, 0) is 24.6 Å². The first kappa shape index (κ1) is 12.9. The van der Waals surface area contributed by atoms with Crippen molar-refractivity contribution in [2.45, 2.75) is 19.9 Å². The van der Waals surface area contributed by atoms with Crippen molar-refractivity contribution in [3.8, 4) is 6.07 Å². The summed E-state index contributed by atoms with van der Waals surface area (Å²) < 4.78 is 0. The Hall–Kier alpha value is -1.57. The maximum atomic E-state index is 9.01. The van der Waals surface area contributed by atoms with Gasteiger partial charge >= 0.3 is 0 Å². The molecule has 92 valence electrons. The molecule has 0 saturated heterocycles. The molecule has 1 aromatic carbocycles. The van der Waals surface area contributed by atoms with Gasteiger partial charge in [-0.15, -0.1) is 11.3 Å². The average Bonchev–Trinajstić information content (AvgIpc) is 2.84. The number of aryl methyl sites for hydroxylation is 1. The lowest BCUT2D eigenvalue weighted by Crippen LogP contribution is -1.99. The largest absolute Gasteiger partial charge is 0.379 e. The number of hydrogen-bond acceptors (Lipinski definition) is 4. The van der Waals surface area contributed by atoms with Gasteiger partial charge in [0, 0.05) is 16.1 Å². The molecule has 18 heavy (non-hydrogen) atoms. The zero-order valence-electron chi connectivity index (χ0n) is 9.90. The van der Waals surface area contributed by atoms with Gasteiger partial charge in [0.1, 0.15) is 6.07 Å². The third-order valence-corrected chi connectivity index (χ3v) is 3.84. The molecule has 2 rings (SSSR count). The minimum Gasteiger partial charge on any atom is -0.379 e. The van der Waals surface area contributed by atoms with E-state index in [0.29, 0.717) is 17.1 Å². The molecule has 5 heteroatoms. The van der Waals surface area contributed by atoms with E-state index >= 15 is 0 Å². The second-order valence-electron chi connectivity index (χ2n) is 3.73. The molecule has 0 radical (unpaired) electrons. The van der Waals surface area contributed by atoms with Crippen LogP contribution in [0.4, 0.5) is 5.69 Å². The second-order valence-corrected chi connectivity index (χ2v) is 5.37. The highest BCUT2D eigenvalue weighted by atomic mass is 35.5. The minimum absolute atomic E-state index is 0.597. The lowest BCUT2D eigenvalue weighted by atomic mass is 10.2. The van der Waals surface area contributed by atoms with Crippen molar-refractivity contribution in [2.24, 2.45) is 0 Å². The van der Waals surface area contributed by atoms with Crippen LogP contribution >= 0.6 is 22.9 Å². The first-order chi connectivity index (χ1) is 8.72. The zero-order chi connectivity index (χ0) is 13.0. The maximum absolute atomic E-state index is 9.01. The SMILES string of the molecule is CCc1ncc(CNc2cc(Cl)ccc2C#N)s1. The highest BCUT2D eigenvalue weighted by Crippen LogP contribution is 2.22. The third kappa shape index (κ3) is 3.00. The molecule has 0 aliphatic rings. The Kier molecular flexibility index (Phi) is 4.19. The van der Waals surface area contributed by atoms with Crippen LogP contribution < -0.4 is 5.32 Å². The molecule has 0 unspecified atom stereocenters. The van der Waals surface area contributed by atoms with Gasteiger partial charge in [-0.2, -0.15) is 5.26 Å². The summed E-state index contributed by atoms with van der Waals surface area (Å²) in [5.41, 5.74) is 1.36. The van der Waals surface area contributed by atoms with Crippen LogP contribution in [0.5, 0.6) is 0 Å². The number of nitrogens with one attached hydrogen (secondary N) is 1. The van der Waals surface area contributed by atoms with Crippen molar-refractivity contribution in [3.63, 3.8) is 0 Å². The van der Waals surface area contributed by atoms with E-state index in [1.54, 1.807) is 29.5 Å². The number of anilines is 1. The molecule has 0 aliphatic carbocycles. The summed E-state index contributed by atoms with van der Waals surface area (Å²) in [6.07, 6.45) is 2.82. The number of aromatic nitrogens is 1. The van der Waals surface area contributed by atoms with Gasteiger partial charge in [-0.3, -0.25) is 0 Å². The van der Waals surface area contributed by atoms with Gasteiger partial charge < -0.3 is 5.32 Å². The molecular formula is C13H12ClN3S. The Labute approximate surface area is 115 Å². The number of nitriles is 1. The van der Waals surface area contributed by atoms with Crippen LogP contribution in [0, 0.1) is 11.3 Å². The fraction of sp³-hybridized carbons (Fsp3) is 0.231. The van der Waals surface area contributed by atoms with Crippen LogP contribution in [0.15, 0.2) is 24.4 Å². The lowest BCUT2D eigenvalue weighted by Gasteiger charge is -2.06. The quantitative estimate of drug-likeness (QED) is 0.924. The Balaban J connectivity index is 2.10.